The average Bonchev–Trinajstić information content (AvgIpc) is 1.69. The first kappa shape index (κ1) is 4.24. The molecule has 35 valence electrons. The molecule has 1 aromatic rings. The third kappa shape index (κ3) is 0.961. The van der Waals surface area contributed by atoms with E-state index in [2.05, 4.69) is 16.9 Å². The Morgan fingerprint density at radius 3 is 2.14 bits per heavy atom. The summed E-state index contributed by atoms with van der Waals surface area (Å²) >= 11 is 0. The molecule has 0 saturated carbocycles. The van der Waals surface area contributed by atoms with Crippen LogP contribution in [0.2, 0.25) is 0 Å². The maximum Gasteiger partial charge on any atom is 0.128 e. The topological polar surface area (TPSA) is 25.8 Å². The predicted octanol–water partition coefficient (Wildman–Crippen LogP) is 0.659. The normalized spacial score (nSPS) is 8.71. The molecular formula is C5H5N2. The molecule has 0 atom stereocenters. The highest BCUT2D eigenvalue weighted by atomic mass is 14.8. The van der Waals surface area contributed by atoms with Crippen molar-refractivity contribution < 1.29 is 0 Å². The number of hydrogen-bond acceptors (Lipinski definition) is 2. The maximum absolute atomic E-state index is 3.76. The van der Waals surface area contributed by atoms with E-state index in [-0.39, 0.29) is 0 Å². The van der Waals surface area contributed by atoms with Gasteiger partial charge in [0.25, 0.3) is 0 Å². The van der Waals surface area contributed by atoms with Gasteiger partial charge < -0.3 is 0 Å². The summed E-state index contributed by atoms with van der Waals surface area (Å²) in [6.07, 6.45) is 3.32. The number of nitrogens with zero attached hydrogens (tertiary/aromatic N) is 2. The van der Waals surface area contributed by atoms with E-state index >= 15 is 0 Å². The lowest BCUT2D eigenvalue weighted by Crippen LogP contribution is -1.80. The molecule has 0 bridgehead atoms. The Bertz CT molecular complexity index is 136. The Kier molecular flexibility index (Phi) is 1.02. The van der Waals surface area contributed by atoms with Crippen molar-refractivity contribution in [3.05, 3.63) is 31.2 Å². The summed E-state index contributed by atoms with van der Waals surface area (Å²) in [6, 6.07) is 1.76. The zero-order valence-electron chi connectivity index (χ0n) is 3.83. The molecule has 0 aliphatic rings. The van der Waals surface area contributed by atoms with E-state index in [1.165, 1.54) is 0 Å². The number of aromatic nitrogens is 2. The molecule has 0 unspecified atom stereocenters. The molecule has 0 saturated heterocycles. The summed E-state index contributed by atoms with van der Waals surface area (Å²) in [5.74, 6) is 0.572. The van der Waals surface area contributed by atoms with Gasteiger partial charge in [-0.3, -0.25) is 0 Å². The fraction of sp³-hybridized carbons (Fsp3) is 0. The van der Waals surface area contributed by atoms with E-state index in [0.717, 1.165) is 0 Å². The molecule has 2 heteroatoms. The second kappa shape index (κ2) is 1.69. The molecule has 0 amide bonds. The van der Waals surface area contributed by atoms with Crippen LogP contribution in [0, 0.1) is 6.92 Å². The van der Waals surface area contributed by atoms with Crippen LogP contribution in [-0.4, -0.2) is 9.97 Å². The van der Waals surface area contributed by atoms with Gasteiger partial charge in [-0.15, -0.1) is 0 Å². The van der Waals surface area contributed by atoms with Crippen molar-refractivity contribution in [1.82, 2.24) is 9.97 Å². The number of rotatable bonds is 0. The Morgan fingerprint density at radius 2 is 1.86 bits per heavy atom. The van der Waals surface area contributed by atoms with Gasteiger partial charge in [-0.25, -0.2) is 9.97 Å². The Labute approximate surface area is 42.2 Å². The first-order valence-electron chi connectivity index (χ1n) is 1.98. The maximum atomic E-state index is 3.76. The van der Waals surface area contributed by atoms with Gasteiger partial charge in [-0.1, -0.05) is 0 Å². The molecule has 1 heterocycles. The van der Waals surface area contributed by atoms with Gasteiger partial charge in [0.2, 0.25) is 0 Å². The van der Waals surface area contributed by atoms with Gasteiger partial charge >= 0.3 is 0 Å². The molecule has 0 fully saturated rings. The fourth-order valence-corrected chi connectivity index (χ4v) is 0.330. The summed E-state index contributed by atoms with van der Waals surface area (Å²) in [5, 5.41) is 0. The number of hydrogen-bond donors (Lipinski definition) is 0. The van der Waals surface area contributed by atoms with E-state index in [1.807, 2.05) is 0 Å². The van der Waals surface area contributed by atoms with Gasteiger partial charge in [0, 0.05) is 19.3 Å². The highest BCUT2D eigenvalue weighted by Gasteiger charge is 1.75. The molecule has 1 radical (unpaired) electrons. The van der Waals surface area contributed by atoms with E-state index in [0.29, 0.717) is 5.82 Å². The molecular weight excluding hydrogens is 88.1 g/mol. The van der Waals surface area contributed by atoms with Crippen molar-refractivity contribution in [1.29, 1.82) is 0 Å². The minimum Gasteiger partial charge on any atom is -0.241 e. The van der Waals surface area contributed by atoms with E-state index in [4.69, 9.17) is 0 Å². The lowest BCUT2D eigenvalue weighted by Gasteiger charge is -1.81. The molecule has 0 spiro atoms. The minimum atomic E-state index is 0.572. The SMILES string of the molecule is [CH2]c1ncccn1. The summed E-state index contributed by atoms with van der Waals surface area (Å²) in [6.45, 7) is 3.50. The second-order valence-corrected chi connectivity index (χ2v) is 1.17. The smallest absolute Gasteiger partial charge is 0.128 e. The van der Waals surface area contributed by atoms with Crippen LogP contribution in [-0.2, 0) is 0 Å². The third-order valence-electron chi connectivity index (χ3n) is 0.619. The van der Waals surface area contributed by atoms with E-state index in [9.17, 15) is 0 Å². The second-order valence-electron chi connectivity index (χ2n) is 1.17. The highest BCUT2D eigenvalue weighted by Crippen LogP contribution is 1.78. The Hall–Kier alpha value is -0.920. The van der Waals surface area contributed by atoms with Gasteiger partial charge in [0.15, 0.2) is 0 Å². The van der Waals surface area contributed by atoms with E-state index < -0.39 is 0 Å². The molecule has 2 nitrogen and oxygen atoms in total. The van der Waals surface area contributed by atoms with Crippen molar-refractivity contribution >= 4 is 0 Å². The molecule has 1 rings (SSSR count). The Balaban J connectivity index is 3.02. The molecule has 0 N–H and O–H groups in total. The molecule has 0 aromatic carbocycles. The van der Waals surface area contributed by atoms with Crippen LogP contribution in [0.3, 0.4) is 0 Å². The van der Waals surface area contributed by atoms with Crippen molar-refractivity contribution in [3.63, 3.8) is 0 Å². The van der Waals surface area contributed by atoms with Gasteiger partial charge in [0.05, 0.1) is 0 Å². The summed E-state index contributed by atoms with van der Waals surface area (Å²) < 4.78 is 0. The molecule has 1 aromatic heterocycles. The largest absolute Gasteiger partial charge is 0.241 e. The first-order valence-corrected chi connectivity index (χ1v) is 1.98. The summed E-state index contributed by atoms with van der Waals surface area (Å²) in [7, 11) is 0. The van der Waals surface area contributed by atoms with Crippen LogP contribution < -0.4 is 0 Å². The summed E-state index contributed by atoms with van der Waals surface area (Å²) in [4.78, 5) is 7.51. The van der Waals surface area contributed by atoms with Crippen LogP contribution in [0.15, 0.2) is 18.5 Å². The first-order chi connectivity index (χ1) is 3.39. The van der Waals surface area contributed by atoms with Gasteiger partial charge in [0.1, 0.15) is 5.82 Å². The van der Waals surface area contributed by atoms with Crippen molar-refractivity contribution in [2.24, 2.45) is 0 Å². The monoisotopic (exact) mass is 93.0 g/mol. The molecule has 7 heavy (non-hydrogen) atoms. The zero-order chi connectivity index (χ0) is 5.11. The van der Waals surface area contributed by atoms with Crippen molar-refractivity contribution in [2.75, 3.05) is 0 Å². The highest BCUT2D eigenvalue weighted by molar-refractivity contribution is 4.90. The van der Waals surface area contributed by atoms with Crippen LogP contribution in [0.4, 0.5) is 0 Å². The van der Waals surface area contributed by atoms with Crippen molar-refractivity contribution in [3.8, 4) is 0 Å². The quantitative estimate of drug-likeness (QED) is 0.471. The van der Waals surface area contributed by atoms with Crippen molar-refractivity contribution in [2.45, 2.75) is 0 Å². The van der Waals surface area contributed by atoms with Gasteiger partial charge in [-0.05, 0) is 6.07 Å². The lowest BCUT2D eigenvalue weighted by atomic mass is 10.6. The van der Waals surface area contributed by atoms with Crippen LogP contribution in [0.5, 0.6) is 0 Å². The van der Waals surface area contributed by atoms with E-state index in [1.54, 1.807) is 18.5 Å². The Morgan fingerprint density at radius 1 is 1.29 bits per heavy atom. The molecule has 0 aliphatic carbocycles. The summed E-state index contributed by atoms with van der Waals surface area (Å²) in [5.41, 5.74) is 0. The third-order valence-corrected chi connectivity index (χ3v) is 0.619. The zero-order valence-corrected chi connectivity index (χ0v) is 3.83. The standard InChI is InChI=1S/C5H5N2/c1-5-6-3-2-4-7-5/h2-4H,1H2. The van der Waals surface area contributed by atoms with Gasteiger partial charge in [-0.2, -0.15) is 0 Å². The minimum absolute atomic E-state index is 0.572. The average molecular weight is 93.1 g/mol. The molecule has 0 aliphatic heterocycles. The predicted molar refractivity (Wildman–Crippen MR) is 26.5 cm³/mol. The van der Waals surface area contributed by atoms with Crippen LogP contribution in [0.1, 0.15) is 5.82 Å². The van der Waals surface area contributed by atoms with Crippen LogP contribution in [0.25, 0.3) is 0 Å². The lowest BCUT2D eigenvalue weighted by molar-refractivity contribution is 1.11. The fourth-order valence-electron chi connectivity index (χ4n) is 0.330. The van der Waals surface area contributed by atoms with Crippen LogP contribution >= 0.6 is 0 Å².